The van der Waals surface area contributed by atoms with Gasteiger partial charge in [0, 0.05) is 18.6 Å². The summed E-state index contributed by atoms with van der Waals surface area (Å²) in [5.74, 6) is 0.258. The monoisotopic (exact) mass is 276 g/mol. The van der Waals surface area contributed by atoms with E-state index in [0.717, 1.165) is 6.26 Å². The van der Waals surface area contributed by atoms with Crippen LogP contribution in [-0.4, -0.2) is 34.3 Å². The van der Waals surface area contributed by atoms with E-state index >= 15 is 0 Å². The summed E-state index contributed by atoms with van der Waals surface area (Å²) in [6, 6.07) is 0. The van der Waals surface area contributed by atoms with Gasteiger partial charge in [0.15, 0.2) is 0 Å². The van der Waals surface area contributed by atoms with Gasteiger partial charge >= 0.3 is 0 Å². The van der Waals surface area contributed by atoms with Crippen molar-refractivity contribution in [1.29, 1.82) is 0 Å². The van der Waals surface area contributed by atoms with Crippen molar-refractivity contribution in [1.82, 2.24) is 19.6 Å². The molecule has 0 aliphatic rings. The van der Waals surface area contributed by atoms with Gasteiger partial charge in [-0.25, -0.2) is 17.9 Å². The van der Waals surface area contributed by atoms with E-state index in [1.165, 1.54) is 10.7 Å². The van der Waals surface area contributed by atoms with Crippen LogP contribution in [0.25, 0.3) is 5.78 Å². The standard InChI is InChI=1S/C6H5BrN4O2S/c1-14(12,13)6-9-5-8-2-4(7)3-11(5)10-6/h2-3H,1H3. The van der Waals surface area contributed by atoms with Crippen LogP contribution in [0.4, 0.5) is 0 Å². The van der Waals surface area contributed by atoms with Gasteiger partial charge in [0.2, 0.25) is 9.84 Å². The van der Waals surface area contributed by atoms with Crippen molar-refractivity contribution in [3.63, 3.8) is 0 Å². The van der Waals surface area contributed by atoms with Crippen molar-refractivity contribution in [3.05, 3.63) is 16.9 Å². The van der Waals surface area contributed by atoms with Gasteiger partial charge in [-0.1, -0.05) is 0 Å². The number of hydrogen-bond donors (Lipinski definition) is 0. The predicted octanol–water partition coefficient (Wildman–Crippen LogP) is 0.290. The van der Waals surface area contributed by atoms with Crippen LogP contribution >= 0.6 is 15.9 Å². The highest BCUT2D eigenvalue weighted by Crippen LogP contribution is 2.09. The maximum Gasteiger partial charge on any atom is 0.268 e. The van der Waals surface area contributed by atoms with E-state index < -0.39 is 9.84 Å². The fourth-order valence-corrected chi connectivity index (χ4v) is 1.68. The Balaban J connectivity index is 2.75. The summed E-state index contributed by atoms with van der Waals surface area (Å²) >= 11 is 3.19. The fraction of sp³-hybridized carbons (Fsp3) is 0.167. The van der Waals surface area contributed by atoms with Crippen LogP contribution in [0.1, 0.15) is 0 Å². The molecule has 0 amide bonds. The minimum absolute atomic E-state index is 0.219. The Kier molecular flexibility index (Phi) is 2.04. The lowest BCUT2D eigenvalue weighted by Gasteiger charge is -1.88. The average molecular weight is 277 g/mol. The van der Waals surface area contributed by atoms with Gasteiger partial charge in [0.1, 0.15) is 0 Å². The third kappa shape index (κ3) is 1.62. The highest BCUT2D eigenvalue weighted by molar-refractivity contribution is 9.10. The molecular weight excluding hydrogens is 272 g/mol. The smallest absolute Gasteiger partial charge is 0.221 e. The Labute approximate surface area is 88.0 Å². The largest absolute Gasteiger partial charge is 0.268 e. The van der Waals surface area contributed by atoms with Crippen molar-refractivity contribution >= 4 is 31.5 Å². The molecule has 0 atom stereocenters. The lowest BCUT2D eigenvalue weighted by molar-refractivity contribution is 0.593. The van der Waals surface area contributed by atoms with E-state index in [0.29, 0.717) is 4.47 Å². The van der Waals surface area contributed by atoms with Crippen LogP contribution in [0.3, 0.4) is 0 Å². The van der Waals surface area contributed by atoms with Crippen LogP contribution in [0.2, 0.25) is 0 Å². The van der Waals surface area contributed by atoms with E-state index in [1.54, 1.807) is 6.20 Å². The summed E-state index contributed by atoms with van der Waals surface area (Å²) in [5, 5.41) is 3.55. The molecule has 0 saturated heterocycles. The summed E-state index contributed by atoms with van der Waals surface area (Å²) in [4.78, 5) is 7.65. The van der Waals surface area contributed by atoms with Crippen molar-refractivity contribution in [3.8, 4) is 0 Å². The molecule has 2 heterocycles. The number of halogens is 1. The van der Waals surface area contributed by atoms with Crippen molar-refractivity contribution in [2.45, 2.75) is 5.16 Å². The molecule has 0 fully saturated rings. The van der Waals surface area contributed by atoms with Crippen LogP contribution < -0.4 is 0 Å². The highest BCUT2D eigenvalue weighted by Gasteiger charge is 2.14. The van der Waals surface area contributed by atoms with Gasteiger partial charge in [-0.05, 0) is 15.9 Å². The van der Waals surface area contributed by atoms with E-state index in [2.05, 4.69) is 31.0 Å². The van der Waals surface area contributed by atoms with Crippen molar-refractivity contribution < 1.29 is 8.42 Å². The van der Waals surface area contributed by atoms with E-state index in [9.17, 15) is 8.42 Å². The molecule has 0 aromatic carbocycles. The van der Waals surface area contributed by atoms with Crippen LogP contribution in [0, 0.1) is 0 Å². The number of hydrogen-bond acceptors (Lipinski definition) is 5. The van der Waals surface area contributed by atoms with Gasteiger partial charge < -0.3 is 0 Å². The zero-order chi connectivity index (χ0) is 10.3. The zero-order valence-corrected chi connectivity index (χ0v) is 9.45. The number of nitrogens with zero attached hydrogens (tertiary/aromatic N) is 4. The van der Waals surface area contributed by atoms with Gasteiger partial charge in [0.25, 0.3) is 10.9 Å². The molecule has 0 radical (unpaired) electrons. The molecule has 0 aliphatic heterocycles. The topological polar surface area (TPSA) is 77.2 Å². The summed E-state index contributed by atoms with van der Waals surface area (Å²) in [7, 11) is -3.38. The van der Waals surface area contributed by atoms with Crippen LogP contribution in [-0.2, 0) is 9.84 Å². The van der Waals surface area contributed by atoms with Crippen molar-refractivity contribution in [2.75, 3.05) is 6.26 Å². The second-order valence-corrected chi connectivity index (χ2v) is 5.51. The second-order valence-electron chi connectivity index (χ2n) is 2.68. The fourth-order valence-electron chi connectivity index (χ4n) is 0.897. The Morgan fingerprint density at radius 2 is 2.21 bits per heavy atom. The van der Waals surface area contributed by atoms with Gasteiger partial charge in [-0.3, -0.25) is 0 Å². The first kappa shape index (κ1) is 9.53. The lowest BCUT2D eigenvalue weighted by Crippen LogP contribution is -1.99. The minimum Gasteiger partial charge on any atom is -0.221 e. The Morgan fingerprint density at radius 3 is 2.86 bits per heavy atom. The first-order chi connectivity index (χ1) is 6.47. The molecule has 0 unspecified atom stereocenters. The normalized spacial score (nSPS) is 12.1. The van der Waals surface area contributed by atoms with Crippen LogP contribution in [0.5, 0.6) is 0 Å². The second kappa shape index (κ2) is 2.99. The molecule has 74 valence electrons. The molecule has 0 bridgehead atoms. The Hall–Kier alpha value is -1.02. The average Bonchev–Trinajstić information content (AvgIpc) is 2.45. The molecule has 8 heteroatoms. The van der Waals surface area contributed by atoms with E-state index in [1.807, 2.05) is 0 Å². The third-order valence-electron chi connectivity index (χ3n) is 1.47. The SMILES string of the molecule is CS(=O)(=O)c1nc2ncc(Br)cn2n1. The van der Waals surface area contributed by atoms with Gasteiger partial charge in [-0.15, -0.1) is 5.10 Å². The molecule has 0 saturated carbocycles. The molecule has 14 heavy (non-hydrogen) atoms. The predicted molar refractivity (Wildman–Crippen MR) is 51.6 cm³/mol. The number of aromatic nitrogens is 4. The summed E-state index contributed by atoms with van der Waals surface area (Å²) in [6.07, 6.45) is 4.16. The summed E-state index contributed by atoms with van der Waals surface area (Å²) < 4.78 is 24.2. The lowest BCUT2D eigenvalue weighted by atomic mass is 10.7. The summed E-state index contributed by atoms with van der Waals surface area (Å²) in [6.45, 7) is 0. The quantitative estimate of drug-likeness (QED) is 0.748. The van der Waals surface area contributed by atoms with E-state index in [4.69, 9.17) is 0 Å². The molecule has 2 aromatic rings. The van der Waals surface area contributed by atoms with Gasteiger partial charge in [-0.2, -0.15) is 4.98 Å². The molecule has 0 aliphatic carbocycles. The minimum atomic E-state index is -3.38. The zero-order valence-electron chi connectivity index (χ0n) is 7.05. The van der Waals surface area contributed by atoms with Gasteiger partial charge in [0.05, 0.1) is 4.47 Å². The molecule has 0 spiro atoms. The Morgan fingerprint density at radius 1 is 1.50 bits per heavy atom. The Bertz CT molecular complexity index is 591. The van der Waals surface area contributed by atoms with Crippen molar-refractivity contribution in [2.24, 2.45) is 0 Å². The maximum atomic E-state index is 11.1. The summed E-state index contributed by atoms with van der Waals surface area (Å²) in [5.41, 5.74) is 0. The number of rotatable bonds is 1. The molecule has 2 rings (SSSR count). The van der Waals surface area contributed by atoms with Crippen LogP contribution in [0.15, 0.2) is 22.0 Å². The first-order valence-electron chi connectivity index (χ1n) is 3.55. The highest BCUT2D eigenvalue weighted by atomic mass is 79.9. The molecular formula is C6H5BrN4O2S. The third-order valence-corrected chi connectivity index (χ3v) is 2.72. The maximum absolute atomic E-state index is 11.1. The first-order valence-corrected chi connectivity index (χ1v) is 6.23. The number of sulfone groups is 1. The molecule has 6 nitrogen and oxygen atoms in total. The number of fused-ring (bicyclic) bond motifs is 1. The molecule has 2 aromatic heterocycles. The van der Waals surface area contributed by atoms with E-state index in [-0.39, 0.29) is 10.9 Å². The molecule has 0 N–H and O–H groups in total.